The van der Waals surface area contributed by atoms with E-state index in [0.717, 1.165) is 20.3 Å². The van der Waals surface area contributed by atoms with Crippen molar-refractivity contribution in [3.05, 3.63) is 62.3 Å². The molecule has 0 spiro atoms. The van der Waals surface area contributed by atoms with Gasteiger partial charge in [0.05, 0.1) is 12.6 Å². The quantitative estimate of drug-likeness (QED) is 0.735. The Balaban J connectivity index is 2.44. The van der Waals surface area contributed by atoms with Gasteiger partial charge in [0.25, 0.3) is 0 Å². The summed E-state index contributed by atoms with van der Waals surface area (Å²) in [6.45, 7) is 2.55. The summed E-state index contributed by atoms with van der Waals surface area (Å²) in [7, 11) is 1.81. The van der Waals surface area contributed by atoms with Crippen LogP contribution in [0.5, 0.6) is 5.75 Å². The Hall–Kier alpha value is -0.910. The third-order valence-electron chi connectivity index (χ3n) is 3.15. The molecule has 0 amide bonds. The van der Waals surface area contributed by atoms with Crippen LogP contribution < -0.4 is 10.1 Å². The van der Waals surface area contributed by atoms with Crippen molar-refractivity contribution in [3.8, 4) is 5.75 Å². The zero-order valence-corrected chi connectivity index (χ0v) is 15.0. The molecule has 0 radical (unpaired) electrons. The average molecular weight is 417 g/mol. The van der Waals surface area contributed by atoms with Gasteiger partial charge in [-0.1, -0.05) is 37.9 Å². The Morgan fingerprint density at radius 3 is 2.52 bits per heavy atom. The van der Waals surface area contributed by atoms with Crippen molar-refractivity contribution < 1.29 is 9.13 Å². The van der Waals surface area contributed by atoms with Gasteiger partial charge < -0.3 is 10.1 Å². The number of benzene rings is 2. The second-order valence-corrected chi connectivity index (χ2v) is 6.27. The van der Waals surface area contributed by atoms with Crippen molar-refractivity contribution in [2.24, 2.45) is 0 Å². The molecule has 2 nitrogen and oxygen atoms in total. The van der Waals surface area contributed by atoms with Crippen LogP contribution in [0.2, 0.25) is 0 Å². The normalized spacial score (nSPS) is 12.2. The van der Waals surface area contributed by atoms with E-state index in [-0.39, 0.29) is 11.9 Å². The minimum absolute atomic E-state index is 0.238. The monoisotopic (exact) mass is 415 g/mol. The van der Waals surface area contributed by atoms with Gasteiger partial charge in [-0.05, 0) is 49.9 Å². The number of ether oxygens (including phenoxy) is 1. The molecule has 0 fully saturated rings. The topological polar surface area (TPSA) is 21.3 Å². The third-order valence-corrected chi connectivity index (χ3v) is 4.33. The zero-order chi connectivity index (χ0) is 15.4. The molecule has 0 heterocycles. The van der Waals surface area contributed by atoms with Crippen LogP contribution in [0, 0.1) is 5.82 Å². The van der Waals surface area contributed by atoms with Gasteiger partial charge in [-0.3, -0.25) is 0 Å². The first-order valence-electron chi connectivity index (χ1n) is 6.61. The molecule has 5 heteroatoms. The molecule has 0 saturated heterocycles. The summed E-state index contributed by atoms with van der Waals surface area (Å²) in [4.78, 5) is 0. The van der Waals surface area contributed by atoms with Gasteiger partial charge in [-0.2, -0.15) is 0 Å². The highest BCUT2D eigenvalue weighted by Gasteiger charge is 2.19. The highest BCUT2D eigenvalue weighted by atomic mass is 79.9. The summed E-state index contributed by atoms with van der Waals surface area (Å²) in [6, 6.07) is 10.4. The van der Waals surface area contributed by atoms with Gasteiger partial charge in [0.15, 0.2) is 0 Å². The van der Waals surface area contributed by atoms with Crippen LogP contribution >= 0.6 is 31.9 Å². The van der Waals surface area contributed by atoms with Gasteiger partial charge in [0.1, 0.15) is 11.6 Å². The molecule has 0 aliphatic carbocycles. The molecule has 0 saturated carbocycles. The Bertz CT molecular complexity index is 634. The van der Waals surface area contributed by atoms with E-state index in [1.165, 1.54) is 6.07 Å². The number of hydrogen-bond donors (Lipinski definition) is 1. The van der Waals surface area contributed by atoms with Gasteiger partial charge in [-0.15, -0.1) is 0 Å². The second-order valence-electron chi connectivity index (χ2n) is 4.50. The molecule has 2 aromatic rings. The predicted molar refractivity (Wildman–Crippen MR) is 90.3 cm³/mol. The smallest absolute Gasteiger partial charge is 0.128 e. The lowest BCUT2D eigenvalue weighted by molar-refractivity contribution is 0.340. The van der Waals surface area contributed by atoms with Crippen LogP contribution in [0.1, 0.15) is 24.1 Å². The predicted octanol–water partition coefficient (Wildman–Crippen LogP) is 5.06. The van der Waals surface area contributed by atoms with E-state index >= 15 is 0 Å². The summed E-state index contributed by atoms with van der Waals surface area (Å²) in [5.74, 6) is 0.552. The fourth-order valence-corrected chi connectivity index (χ4v) is 3.18. The Kier molecular flexibility index (Phi) is 5.79. The van der Waals surface area contributed by atoms with Crippen molar-refractivity contribution >= 4 is 31.9 Å². The summed E-state index contributed by atoms with van der Waals surface area (Å²) in [6.07, 6.45) is 0. The van der Waals surface area contributed by atoms with Crippen LogP contribution in [0.4, 0.5) is 4.39 Å². The van der Waals surface area contributed by atoms with Crippen LogP contribution in [0.15, 0.2) is 45.3 Å². The first kappa shape index (κ1) is 16.5. The minimum atomic E-state index is -0.243. The summed E-state index contributed by atoms with van der Waals surface area (Å²) in [5.41, 5.74) is 1.55. The standard InChI is InChI=1S/C16H16Br2FNO/c1-3-21-11-5-6-12(14(18)9-11)16(20-2)13-8-10(17)4-7-15(13)19/h4-9,16,20H,3H2,1-2H3. The molecule has 1 atom stereocenters. The maximum atomic E-state index is 14.1. The van der Waals surface area contributed by atoms with E-state index in [9.17, 15) is 4.39 Å². The molecule has 0 aliphatic heterocycles. The van der Waals surface area contributed by atoms with Gasteiger partial charge >= 0.3 is 0 Å². The number of hydrogen-bond acceptors (Lipinski definition) is 2. The number of halogens is 3. The van der Waals surface area contributed by atoms with Crippen molar-refractivity contribution in [1.82, 2.24) is 5.32 Å². The van der Waals surface area contributed by atoms with Gasteiger partial charge in [0.2, 0.25) is 0 Å². The third kappa shape index (κ3) is 3.84. The van der Waals surface area contributed by atoms with Crippen molar-refractivity contribution in [3.63, 3.8) is 0 Å². The van der Waals surface area contributed by atoms with E-state index in [1.807, 2.05) is 32.2 Å². The number of nitrogens with one attached hydrogen (secondary N) is 1. The molecular formula is C16H16Br2FNO. The van der Waals surface area contributed by atoms with Crippen molar-refractivity contribution in [2.45, 2.75) is 13.0 Å². The Labute approximate surface area is 141 Å². The fourth-order valence-electron chi connectivity index (χ4n) is 2.21. The Morgan fingerprint density at radius 1 is 1.14 bits per heavy atom. The summed E-state index contributed by atoms with van der Waals surface area (Å²) in [5, 5.41) is 3.16. The van der Waals surface area contributed by atoms with Crippen LogP contribution in [0.25, 0.3) is 0 Å². The lowest BCUT2D eigenvalue weighted by Gasteiger charge is -2.20. The van der Waals surface area contributed by atoms with Crippen LogP contribution in [-0.2, 0) is 0 Å². The maximum absolute atomic E-state index is 14.1. The molecule has 1 unspecified atom stereocenters. The SMILES string of the molecule is CCOc1ccc(C(NC)c2cc(Br)ccc2F)c(Br)c1. The lowest BCUT2D eigenvalue weighted by atomic mass is 9.98. The van der Waals surface area contributed by atoms with E-state index in [0.29, 0.717) is 12.2 Å². The van der Waals surface area contributed by atoms with Crippen molar-refractivity contribution in [2.75, 3.05) is 13.7 Å². The number of rotatable bonds is 5. The molecule has 2 aromatic carbocycles. The average Bonchev–Trinajstić information content (AvgIpc) is 2.46. The minimum Gasteiger partial charge on any atom is -0.494 e. The summed E-state index contributed by atoms with van der Waals surface area (Å²) < 4.78 is 21.3. The van der Waals surface area contributed by atoms with Gasteiger partial charge in [-0.25, -0.2) is 4.39 Å². The molecule has 0 bridgehead atoms. The molecule has 21 heavy (non-hydrogen) atoms. The first-order chi connectivity index (χ1) is 10.1. The van der Waals surface area contributed by atoms with Crippen LogP contribution in [-0.4, -0.2) is 13.7 Å². The highest BCUT2D eigenvalue weighted by Crippen LogP contribution is 2.33. The van der Waals surface area contributed by atoms with Crippen molar-refractivity contribution in [1.29, 1.82) is 0 Å². The van der Waals surface area contributed by atoms with Crippen LogP contribution in [0.3, 0.4) is 0 Å². The van der Waals surface area contributed by atoms with E-state index in [2.05, 4.69) is 37.2 Å². The molecule has 1 N–H and O–H groups in total. The molecular weight excluding hydrogens is 401 g/mol. The highest BCUT2D eigenvalue weighted by molar-refractivity contribution is 9.10. The summed E-state index contributed by atoms with van der Waals surface area (Å²) >= 11 is 6.94. The van der Waals surface area contributed by atoms with E-state index in [4.69, 9.17) is 4.74 Å². The molecule has 0 aromatic heterocycles. The molecule has 2 rings (SSSR count). The Morgan fingerprint density at radius 2 is 1.90 bits per heavy atom. The lowest BCUT2D eigenvalue weighted by Crippen LogP contribution is -2.19. The zero-order valence-electron chi connectivity index (χ0n) is 11.8. The van der Waals surface area contributed by atoms with E-state index in [1.54, 1.807) is 12.1 Å². The molecule has 112 valence electrons. The molecule has 0 aliphatic rings. The largest absolute Gasteiger partial charge is 0.494 e. The first-order valence-corrected chi connectivity index (χ1v) is 8.19. The maximum Gasteiger partial charge on any atom is 0.128 e. The van der Waals surface area contributed by atoms with E-state index < -0.39 is 0 Å². The fraction of sp³-hybridized carbons (Fsp3) is 0.250. The van der Waals surface area contributed by atoms with Gasteiger partial charge in [0, 0.05) is 14.5 Å². The second kappa shape index (κ2) is 7.38.